The Bertz CT molecular complexity index is 894. The summed E-state index contributed by atoms with van der Waals surface area (Å²) in [6.07, 6.45) is 1.44. The second kappa shape index (κ2) is 7.42. The van der Waals surface area contributed by atoms with Crippen LogP contribution in [0, 0.1) is 12.7 Å². The largest absolute Gasteiger partial charge is 0.300 e. The van der Waals surface area contributed by atoms with Gasteiger partial charge in [0.1, 0.15) is 16.7 Å². The Morgan fingerprint density at radius 1 is 1.44 bits per heavy atom. The molecule has 0 aliphatic carbocycles. The van der Waals surface area contributed by atoms with Crippen LogP contribution in [-0.4, -0.2) is 32.6 Å². The molecule has 0 radical (unpaired) electrons. The van der Waals surface area contributed by atoms with Gasteiger partial charge in [0.05, 0.1) is 10.6 Å². The third kappa shape index (κ3) is 4.12. The zero-order valence-corrected chi connectivity index (χ0v) is 15.4. The molecule has 0 unspecified atom stereocenters. The smallest absolute Gasteiger partial charge is 0.266 e. The first-order valence-electron chi connectivity index (χ1n) is 7.16. The van der Waals surface area contributed by atoms with Crippen molar-refractivity contribution >= 4 is 62.7 Å². The topological polar surface area (TPSA) is 62.3 Å². The van der Waals surface area contributed by atoms with E-state index in [-0.39, 0.29) is 15.8 Å². The second-order valence-corrected chi connectivity index (χ2v) is 7.67. The second-order valence-electron chi connectivity index (χ2n) is 5.13. The number of thiazole rings is 1. The number of amides is 2. The van der Waals surface area contributed by atoms with Crippen molar-refractivity contribution in [3.63, 3.8) is 0 Å². The van der Waals surface area contributed by atoms with Gasteiger partial charge >= 0.3 is 0 Å². The highest BCUT2D eigenvalue weighted by Crippen LogP contribution is 2.32. The highest BCUT2D eigenvalue weighted by Gasteiger charge is 2.33. The number of nitrogens with one attached hydrogen (secondary N) is 1. The molecule has 0 atom stereocenters. The lowest BCUT2D eigenvalue weighted by Gasteiger charge is -2.13. The van der Waals surface area contributed by atoms with Gasteiger partial charge < -0.3 is 5.32 Å². The molecular weight excluding hydrogens is 381 g/mol. The summed E-state index contributed by atoms with van der Waals surface area (Å²) in [6, 6.07) is 6.14. The maximum absolute atomic E-state index is 13.7. The number of rotatable bonds is 4. The van der Waals surface area contributed by atoms with Crippen LogP contribution in [0.3, 0.4) is 0 Å². The van der Waals surface area contributed by atoms with Crippen molar-refractivity contribution in [1.29, 1.82) is 0 Å². The van der Waals surface area contributed by atoms with Crippen molar-refractivity contribution in [2.45, 2.75) is 6.92 Å². The summed E-state index contributed by atoms with van der Waals surface area (Å²) in [5, 5.41) is 4.91. The molecule has 128 valence electrons. The summed E-state index contributed by atoms with van der Waals surface area (Å²) in [5.41, 5.74) is 1.10. The molecule has 0 saturated carbocycles. The first kappa shape index (κ1) is 17.7. The zero-order chi connectivity index (χ0) is 18.0. The molecular formula is C16H12FN3O2S3. The molecule has 25 heavy (non-hydrogen) atoms. The summed E-state index contributed by atoms with van der Waals surface area (Å²) in [7, 11) is 0. The molecule has 1 saturated heterocycles. The minimum atomic E-state index is -0.426. The number of carbonyl (C=O) groups is 2. The number of carbonyl (C=O) groups excluding carboxylic acids is 2. The van der Waals surface area contributed by atoms with Gasteiger partial charge in [0, 0.05) is 10.9 Å². The molecule has 1 aliphatic rings. The molecule has 0 spiro atoms. The molecule has 1 aromatic carbocycles. The number of halogens is 1. The van der Waals surface area contributed by atoms with E-state index in [1.54, 1.807) is 18.2 Å². The van der Waals surface area contributed by atoms with Crippen LogP contribution in [0.25, 0.3) is 6.08 Å². The van der Waals surface area contributed by atoms with Crippen LogP contribution in [0.1, 0.15) is 11.3 Å². The number of aryl methyl sites for hydroxylation is 1. The predicted molar refractivity (Wildman–Crippen MR) is 102 cm³/mol. The molecule has 2 heterocycles. The Morgan fingerprint density at radius 3 is 2.88 bits per heavy atom. The maximum atomic E-state index is 13.7. The van der Waals surface area contributed by atoms with Crippen molar-refractivity contribution in [1.82, 2.24) is 9.88 Å². The fraction of sp³-hybridized carbons (Fsp3) is 0.125. The summed E-state index contributed by atoms with van der Waals surface area (Å²) in [6.45, 7) is 1.61. The number of thioether (sulfide) groups is 1. The summed E-state index contributed by atoms with van der Waals surface area (Å²) in [5.74, 6) is -1.23. The quantitative estimate of drug-likeness (QED) is 0.637. The monoisotopic (exact) mass is 393 g/mol. The molecule has 1 aromatic heterocycles. The van der Waals surface area contributed by atoms with Gasteiger partial charge in [-0.15, -0.1) is 11.3 Å². The first-order chi connectivity index (χ1) is 11.9. The molecule has 2 amide bonds. The lowest BCUT2D eigenvalue weighted by molar-refractivity contribution is -0.126. The molecule has 3 rings (SSSR count). The van der Waals surface area contributed by atoms with Crippen LogP contribution >= 0.6 is 35.3 Å². The van der Waals surface area contributed by atoms with E-state index in [0.29, 0.717) is 10.7 Å². The fourth-order valence-corrected chi connectivity index (χ4v) is 4.03. The van der Waals surface area contributed by atoms with Gasteiger partial charge in [0.25, 0.3) is 5.91 Å². The molecule has 1 aliphatic heterocycles. The van der Waals surface area contributed by atoms with Crippen LogP contribution in [0.5, 0.6) is 0 Å². The van der Waals surface area contributed by atoms with Gasteiger partial charge in [-0.2, -0.15) is 0 Å². The highest BCUT2D eigenvalue weighted by molar-refractivity contribution is 8.26. The Balaban J connectivity index is 1.71. The van der Waals surface area contributed by atoms with Gasteiger partial charge in [-0.3, -0.25) is 14.5 Å². The molecule has 1 fully saturated rings. The third-order valence-electron chi connectivity index (χ3n) is 3.23. The van der Waals surface area contributed by atoms with Crippen molar-refractivity contribution in [2.75, 3.05) is 11.9 Å². The maximum Gasteiger partial charge on any atom is 0.266 e. The lowest BCUT2D eigenvalue weighted by Crippen LogP contribution is -2.36. The van der Waals surface area contributed by atoms with Crippen molar-refractivity contribution in [3.05, 3.63) is 51.6 Å². The highest BCUT2D eigenvalue weighted by atomic mass is 32.2. The van der Waals surface area contributed by atoms with Gasteiger partial charge in [-0.1, -0.05) is 42.2 Å². The first-order valence-corrected chi connectivity index (χ1v) is 9.26. The molecule has 0 bridgehead atoms. The summed E-state index contributed by atoms with van der Waals surface area (Å²) in [4.78, 5) is 30.2. The van der Waals surface area contributed by atoms with Crippen LogP contribution in [0.15, 0.2) is 34.6 Å². The number of aromatic nitrogens is 1. The van der Waals surface area contributed by atoms with Gasteiger partial charge in [0.15, 0.2) is 5.13 Å². The average Bonchev–Trinajstić information content (AvgIpc) is 3.08. The molecule has 2 aromatic rings. The summed E-state index contributed by atoms with van der Waals surface area (Å²) >= 11 is 7.52. The van der Waals surface area contributed by atoms with E-state index in [2.05, 4.69) is 10.3 Å². The number of benzene rings is 1. The molecule has 9 heteroatoms. The Labute approximate surface area is 156 Å². The van der Waals surface area contributed by atoms with Crippen LogP contribution in [0.2, 0.25) is 0 Å². The minimum Gasteiger partial charge on any atom is -0.300 e. The number of hydrogen-bond acceptors (Lipinski definition) is 6. The Morgan fingerprint density at radius 2 is 2.20 bits per heavy atom. The van der Waals surface area contributed by atoms with E-state index in [0.717, 1.165) is 17.5 Å². The fourth-order valence-electron chi connectivity index (χ4n) is 2.08. The van der Waals surface area contributed by atoms with Gasteiger partial charge in [-0.25, -0.2) is 9.37 Å². The summed E-state index contributed by atoms with van der Waals surface area (Å²) < 4.78 is 14.0. The van der Waals surface area contributed by atoms with Crippen LogP contribution in [-0.2, 0) is 9.59 Å². The standard InChI is InChI=1S/C16H12FN3O2S3/c1-9-8-24-15(18-9)19-13(21)7-20-14(22)12(25-16(20)23)6-10-4-2-3-5-11(10)17/h2-6,8H,7H2,1H3,(H,18,19,21)/b12-6+. The van der Waals surface area contributed by atoms with E-state index in [4.69, 9.17) is 12.2 Å². The van der Waals surface area contributed by atoms with E-state index >= 15 is 0 Å². The zero-order valence-electron chi connectivity index (χ0n) is 13.0. The van der Waals surface area contributed by atoms with Crippen molar-refractivity contribution in [3.8, 4) is 0 Å². The van der Waals surface area contributed by atoms with Crippen molar-refractivity contribution < 1.29 is 14.0 Å². The number of anilines is 1. The minimum absolute atomic E-state index is 0.210. The predicted octanol–water partition coefficient (Wildman–Crippen LogP) is 3.43. The number of hydrogen-bond donors (Lipinski definition) is 1. The van der Waals surface area contributed by atoms with E-state index in [9.17, 15) is 14.0 Å². The molecule has 1 N–H and O–H groups in total. The number of thiocarbonyl (C=S) groups is 1. The molecule has 5 nitrogen and oxygen atoms in total. The van der Waals surface area contributed by atoms with E-state index in [1.807, 2.05) is 12.3 Å². The average molecular weight is 393 g/mol. The Kier molecular flexibility index (Phi) is 5.26. The van der Waals surface area contributed by atoms with Crippen LogP contribution < -0.4 is 5.32 Å². The lowest BCUT2D eigenvalue weighted by atomic mass is 10.2. The SMILES string of the molecule is Cc1csc(NC(=O)CN2C(=O)/C(=C\c3ccccc3F)SC2=S)n1. The van der Waals surface area contributed by atoms with E-state index in [1.165, 1.54) is 28.4 Å². The third-order valence-corrected chi connectivity index (χ3v) is 5.49. The number of nitrogens with zero attached hydrogens (tertiary/aromatic N) is 2. The van der Waals surface area contributed by atoms with Gasteiger partial charge in [-0.05, 0) is 19.1 Å². The van der Waals surface area contributed by atoms with Gasteiger partial charge in [0.2, 0.25) is 5.91 Å². The Hall–Kier alpha value is -2.10. The van der Waals surface area contributed by atoms with Crippen molar-refractivity contribution in [2.24, 2.45) is 0 Å². The van der Waals surface area contributed by atoms with E-state index < -0.39 is 17.6 Å². The normalized spacial score (nSPS) is 15.9. The van der Waals surface area contributed by atoms with Crippen LogP contribution in [0.4, 0.5) is 9.52 Å².